The number of benzene rings is 3. The fraction of sp³-hybridized carbons (Fsp3) is 0.185. The summed E-state index contributed by atoms with van der Waals surface area (Å²) in [7, 11) is 1.57. The Labute approximate surface area is 186 Å². The van der Waals surface area contributed by atoms with Crippen molar-refractivity contribution in [3.05, 3.63) is 94.1 Å². The van der Waals surface area contributed by atoms with E-state index in [9.17, 15) is 9.59 Å². The second kappa shape index (κ2) is 8.35. The number of ether oxygens (including phenoxy) is 1. The van der Waals surface area contributed by atoms with Crippen molar-refractivity contribution >= 4 is 22.6 Å². The van der Waals surface area contributed by atoms with Crippen LogP contribution >= 0.6 is 0 Å². The van der Waals surface area contributed by atoms with E-state index < -0.39 is 0 Å². The van der Waals surface area contributed by atoms with Crippen LogP contribution in [0.25, 0.3) is 22.3 Å². The molecule has 0 saturated heterocycles. The number of para-hydroxylation sites is 1. The van der Waals surface area contributed by atoms with Crippen molar-refractivity contribution < 1.29 is 13.9 Å². The number of hydrogen-bond donors (Lipinski definition) is 1. The van der Waals surface area contributed by atoms with Gasteiger partial charge in [-0.3, -0.25) is 9.59 Å². The van der Waals surface area contributed by atoms with Crippen LogP contribution in [0.2, 0.25) is 0 Å². The van der Waals surface area contributed by atoms with Crippen molar-refractivity contribution in [1.82, 2.24) is 0 Å². The fourth-order valence-electron chi connectivity index (χ4n) is 3.54. The summed E-state index contributed by atoms with van der Waals surface area (Å²) in [5.74, 6) is 0.785. The van der Waals surface area contributed by atoms with Gasteiger partial charge in [0.05, 0.1) is 18.1 Å². The Bertz CT molecular complexity index is 1340. The Kier molecular flexibility index (Phi) is 5.57. The fourth-order valence-corrected chi connectivity index (χ4v) is 3.54. The average Bonchev–Trinajstić information content (AvgIpc) is 2.78. The maximum atomic E-state index is 12.7. The van der Waals surface area contributed by atoms with Gasteiger partial charge in [-0.25, -0.2) is 0 Å². The zero-order chi connectivity index (χ0) is 22.9. The molecule has 0 radical (unpaired) electrons. The van der Waals surface area contributed by atoms with Gasteiger partial charge in [-0.1, -0.05) is 45.0 Å². The monoisotopic (exact) mass is 427 g/mol. The van der Waals surface area contributed by atoms with Crippen LogP contribution in [0, 0.1) is 0 Å². The number of amides is 1. The van der Waals surface area contributed by atoms with Gasteiger partial charge in [-0.2, -0.15) is 0 Å². The minimum absolute atomic E-state index is 0.0179. The molecule has 1 heterocycles. The van der Waals surface area contributed by atoms with Crippen LogP contribution in [0.1, 0.15) is 36.7 Å². The number of fused-ring (bicyclic) bond motifs is 1. The van der Waals surface area contributed by atoms with Crippen LogP contribution in [0.4, 0.5) is 5.69 Å². The molecule has 4 aromatic rings. The van der Waals surface area contributed by atoms with Crippen molar-refractivity contribution in [1.29, 1.82) is 0 Å². The predicted molar refractivity (Wildman–Crippen MR) is 128 cm³/mol. The summed E-state index contributed by atoms with van der Waals surface area (Å²) >= 11 is 0. The van der Waals surface area contributed by atoms with E-state index in [2.05, 4.69) is 26.1 Å². The number of carbonyl (C=O) groups is 1. The minimum atomic E-state index is -0.229. The maximum absolute atomic E-state index is 12.7. The van der Waals surface area contributed by atoms with Crippen molar-refractivity contribution in [3.8, 4) is 17.1 Å². The first kappa shape index (κ1) is 21.4. The summed E-state index contributed by atoms with van der Waals surface area (Å²) in [5.41, 5.74) is 3.18. The van der Waals surface area contributed by atoms with E-state index in [1.165, 1.54) is 6.07 Å². The summed E-state index contributed by atoms with van der Waals surface area (Å²) < 4.78 is 11.4. The topological polar surface area (TPSA) is 68.5 Å². The van der Waals surface area contributed by atoms with Crippen LogP contribution in [-0.4, -0.2) is 13.0 Å². The molecule has 0 aliphatic heterocycles. The van der Waals surface area contributed by atoms with E-state index in [1.807, 2.05) is 42.5 Å². The van der Waals surface area contributed by atoms with E-state index in [-0.39, 0.29) is 16.8 Å². The van der Waals surface area contributed by atoms with Crippen LogP contribution < -0.4 is 15.5 Å². The zero-order valence-corrected chi connectivity index (χ0v) is 18.6. The molecule has 0 bridgehead atoms. The van der Waals surface area contributed by atoms with Crippen molar-refractivity contribution in [3.63, 3.8) is 0 Å². The van der Waals surface area contributed by atoms with Gasteiger partial charge in [-0.15, -0.1) is 0 Å². The average molecular weight is 428 g/mol. The first-order valence-corrected chi connectivity index (χ1v) is 10.4. The Morgan fingerprint density at radius 3 is 2.34 bits per heavy atom. The molecule has 0 fully saturated rings. The quantitative estimate of drug-likeness (QED) is 0.432. The predicted octanol–water partition coefficient (Wildman–Crippen LogP) is 6.02. The number of methoxy groups -OCH3 is 1. The number of nitrogens with one attached hydrogen (secondary N) is 1. The first-order chi connectivity index (χ1) is 15.3. The summed E-state index contributed by atoms with van der Waals surface area (Å²) in [6.07, 6.45) is 0. The second-order valence-corrected chi connectivity index (χ2v) is 8.67. The van der Waals surface area contributed by atoms with Gasteiger partial charge in [0.1, 0.15) is 17.1 Å². The standard InChI is InChI=1S/C27H25NO4/c1-27(2,3)18-11-9-17(10-12-18)26(30)28-19-13-14-20-22(29)16-25(32-24(20)15-19)21-7-5-6-8-23(21)31-4/h5-16H,1-4H3,(H,28,30). The van der Waals surface area contributed by atoms with Gasteiger partial charge in [0.2, 0.25) is 0 Å². The molecule has 1 N–H and O–H groups in total. The highest BCUT2D eigenvalue weighted by atomic mass is 16.5. The molecule has 0 aliphatic carbocycles. The van der Waals surface area contributed by atoms with E-state index in [4.69, 9.17) is 9.15 Å². The molecule has 0 unspecified atom stereocenters. The van der Waals surface area contributed by atoms with Crippen LogP contribution in [-0.2, 0) is 5.41 Å². The molecule has 1 aromatic heterocycles. The molecule has 0 aliphatic rings. The lowest BCUT2D eigenvalue weighted by Crippen LogP contribution is -2.14. The second-order valence-electron chi connectivity index (χ2n) is 8.67. The Balaban J connectivity index is 1.66. The largest absolute Gasteiger partial charge is 0.496 e. The summed E-state index contributed by atoms with van der Waals surface area (Å²) in [4.78, 5) is 25.4. The summed E-state index contributed by atoms with van der Waals surface area (Å²) in [6.45, 7) is 6.39. The zero-order valence-electron chi connectivity index (χ0n) is 18.6. The Morgan fingerprint density at radius 1 is 0.938 bits per heavy atom. The van der Waals surface area contributed by atoms with Crippen molar-refractivity contribution in [2.24, 2.45) is 0 Å². The van der Waals surface area contributed by atoms with Gasteiger partial charge in [0.15, 0.2) is 5.43 Å². The Hall–Kier alpha value is -3.86. The first-order valence-electron chi connectivity index (χ1n) is 10.4. The molecular formula is C27H25NO4. The smallest absolute Gasteiger partial charge is 0.255 e. The molecule has 0 spiro atoms. The van der Waals surface area contributed by atoms with Gasteiger partial charge >= 0.3 is 0 Å². The third-order valence-corrected chi connectivity index (χ3v) is 5.37. The highest BCUT2D eigenvalue weighted by Crippen LogP contribution is 2.31. The Morgan fingerprint density at radius 2 is 1.66 bits per heavy atom. The van der Waals surface area contributed by atoms with E-state index in [1.54, 1.807) is 31.4 Å². The third kappa shape index (κ3) is 4.28. The molecule has 5 nitrogen and oxygen atoms in total. The third-order valence-electron chi connectivity index (χ3n) is 5.37. The SMILES string of the molecule is COc1ccccc1-c1cc(=O)c2ccc(NC(=O)c3ccc(C(C)(C)C)cc3)cc2o1. The van der Waals surface area contributed by atoms with Crippen molar-refractivity contribution in [2.75, 3.05) is 12.4 Å². The summed E-state index contributed by atoms with van der Waals surface area (Å²) in [6, 6.07) is 21.4. The van der Waals surface area contributed by atoms with E-state index in [0.717, 1.165) is 5.56 Å². The highest BCUT2D eigenvalue weighted by molar-refractivity contribution is 6.05. The van der Waals surface area contributed by atoms with Gasteiger partial charge in [0.25, 0.3) is 5.91 Å². The molecule has 0 atom stereocenters. The molecule has 32 heavy (non-hydrogen) atoms. The van der Waals surface area contributed by atoms with Crippen LogP contribution in [0.5, 0.6) is 5.75 Å². The number of hydrogen-bond acceptors (Lipinski definition) is 4. The molecule has 5 heteroatoms. The van der Waals surface area contributed by atoms with E-state index in [0.29, 0.717) is 39.3 Å². The molecule has 1 amide bonds. The number of rotatable bonds is 4. The van der Waals surface area contributed by atoms with E-state index >= 15 is 0 Å². The molecule has 162 valence electrons. The normalized spacial score (nSPS) is 11.4. The lowest BCUT2D eigenvalue weighted by atomic mass is 9.87. The minimum Gasteiger partial charge on any atom is -0.496 e. The molecule has 0 saturated carbocycles. The lowest BCUT2D eigenvalue weighted by Gasteiger charge is -2.19. The maximum Gasteiger partial charge on any atom is 0.255 e. The highest BCUT2D eigenvalue weighted by Gasteiger charge is 2.15. The summed E-state index contributed by atoms with van der Waals surface area (Å²) in [5, 5.41) is 3.33. The molecule has 3 aromatic carbocycles. The van der Waals surface area contributed by atoms with Crippen molar-refractivity contribution in [2.45, 2.75) is 26.2 Å². The van der Waals surface area contributed by atoms with Gasteiger partial charge in [0, 0.05) is 23.4 Å². The number of anilines is 1. The number of carbonyl (C=O) groups excluding carboxylic acids is 1. The van der Waals surface area contributed by atoms with Crippen LogP contribution in [0.15, 0.2) is 82.0 Å². The molecule has 4 rings (SSSR count). The van der Waals surface area contributed by atoms with Gasteiger partial charge < -0.3 is 14.5 Å². The van der Waals surface area contributed by atoms with Gasteiger partial charge in [-0.05, 0) is 47.4 Å². The lowest BCUT2D eigenvalue weighted by molar-refractivity contribution is 0.102. The molecular weight excluding hydrogens is 402 g/mol. The van der Waals surface area contributed by atoms with Crippen LogP contribution in [0.3, 0.4) is 0 Å².